The number of amides is 1. The average molecular weight is 487 g/mol. The van der Waals surface area contributed by atoms with Crippen molar-refractivity contribution in [3.63, 3.8) is 0 Å². The van der Waals surface area contributed by atoms with Gasteiger partial charge >= 0.3 is 5.97 Å². The van der Waals surface area contributed by atoms with E-state index in [1.807, 2.05) is 0 Å². The molecule has 1 fully saturated rings. The van der Waals surface area contributed by atoms with Crippen molar-refractivity contribution in [1.29, 1.82) is 0 Å². The lowest BCUT2D eigenvalue weighted by atomic mass is 10.1. The zero-order valence-corrected chi connectivity index (χ0v) is 19.8. The van der Waals surface area contributed by atoms with Gasteiger partial charge in [-0.15, -0.1) is 0 Å². The lowest BCUT2D eigenvalue weighted by Crippen LogP contribution is -2.33. The Bertz CT molecular complexity index is 1240. The Morgan fingerprint density at radius 2 is 2.00 bits per heavy atom. The van der Waals surface area contributed by atoms with E-state index in [9.17, 15) is 18.0 Å². The van der Waals surface area contributed by atoms with Gasteiger partial charge in [-0.2, -0.15) is 0 Å². The number of carbonyl (C=O) groups is 2. The van der Waals surface area contributed by atoms with Gasteiger partial charge in [0.25, 0.3) is 5.91 Å². The predicted molar refractivity (Wildman–Crippen MR) is 123 cm³/mol. The standard InChI is InChI=1S/C24H26N2O7S/c1-16-22(24(28)31-2)21(23(27)26(16)15-19-7-6-12-32-19)13-17-10-11-18(33-17)14-25-34(29,30)20-8-4-3-5-9-20/h3-5,8-11,13,19,25H,6-7,12,14-15H2,1-2H3/b21-13-. The van der Waals surface area contributed by atoms with Crippen molar-refractivity contribution in [2.75, 3.05) is 20.3 Å². The van der Waals surface area contributed by atoms with Gasteiger partial charge in [0.15, 0.2) is 0 Å². The minimum atomic E-state index is -3.70. The number of hydrogen-bond donors (Lipinski definition) is 1. The van der Waals surface area contributed by atoms with Crippen LogP contribution >= 0.6 is 0 Å². The molecule has 0 spiro atoms. The molecule has 3 heterocycles. The number of allylic oxidation sites excluding steroid dienone is 1. The fourth-order valence-electron chi connectivity index (χ4n) is 4.00. The Labute approximate surface area is 198 Å². The molecule has 1 saturated heterocycles. The molecule has 1 atom stereocenters. The number of furan rings is 1. The number of rotatable bonds is 8. The normalized spacial score (nSPS) is 19.9. The lowest BCUT2D eigenvalue weighted by Gasteiger charge is -2.21. The molecule has 1 aromatic carbocycles. The molecule has 2 aliphatic rings. The van der Waals surface area contributed by atoms with Crippen LogP contribution in [0, 0.1) is 0 Å². The van der Waals surface area contributed by atoms with Crippen LogP contribution < -0.4 is 4.72 Å². The molecule has 4 rings (SSSR count). The quantitative estimate of drug-likeness (QED) is 0.450. The van der Waals surface area contributed by atoms with Crippen molar-refractivity contribution in [1.82, 2.24) is 9.62 Å². The third-order valence-corrected chi connectivity index (χ3v) is 7.19. The summed E-state index contributed by atoms with van der Waals surface area (Å²) in [6, 6.07) is 11.2. The lowest BCUT2D eigenvalue weighted by molar-refractivity contribution is -0.136. The zero-order chi connectivity index (χ0) is 24.3. The SMILES string of the molecule is COC(=O)C1=C(C)N(CC2CCCO2)C(=O)/C1=C\c1ccc(CNS(=O)(=O)c2ccccc2)o1. The second-order valence-corrected chi connectivity index (χ2v) is 9.77. The van der Waals surface area contributed by atoms with Gasteiger partial charge in [-0.1, -0.05) is 18.2 Å². The molecule has 2 aliphatic heterocycles. The monoisotopic (exact) mass is 486 g/mol. The van der Waals surface area contributed by atoms with E-state index in [1.165, 1.54) is 30.2 Å². The fourth-order valence-corrected chi connectivity index (χ4v) is 5.01. The van der Waals surface area contributed by atoms with E-state index < -0.39 is 16.0 Å². The van der Waals surface area contributed by atoms with Gasteiger partial charge in [0, 0.05) is 12.3 Å². The van der Waals surface area contributed by atoms with E-state index in [2.05, 4.69) is 4.72 Å². The topological polar surface area (TPSA) is 115 Å². The second kappa shape index (κ2) is 9.96. The van der Waals surface area contributed by atoms with Crippen LogP contribution in [0.25, 0.3) is 6.08 Å². The maximum atomic E-state index is 13.2. The molecule has 9 nitrogen and oxygen atoms in total. The van der Waals surface area contributed by atoms with Crippen LogP contribution in [-0.2, 0) is 35.6 Å². The minimum absolute atomic E-state index is 0.0712. The van der Waals surface area contributed by atoms with Crippen molar-refractivity contribution in [3.05, 3.63) is 70.8 Å². The maximum Gasteiger partial charge on any atom is 0.340 e. The van der Waals surface area contributed by atoms with Gasteiger partial charge in [0.1, 0.15) is 11.5 Å². The number of carbonyl (C=O) groups excluding carboxylic acids is 2. The molecule has 180 valence electrons. The third kappa shape index (κ3) is 4.98. The predicted octanol–water partition coefficient (Wildman–Crippen LogP) is 2.61. The van der Waals surface area contributed by atoms with Crippen LogP contribution in [-0.4, -0.2) is 51.6 Å². The molecule has 10 heteroatoms. The first kappa shape index (κ1) is 23.9. The van der Waals surface area contributed by atoms with E-state index in [1.54, 1.807) is 37.3 Å². The van der Waals surface area contributed by atoms with Gasteiger partial charge in [0.05, 0.1) is 42.3 Å². The molecule has 2 aromatic rings. The molecule has 0 aliphatic carbocycles. The van der Waals surface area contributed by atoms with Crippen molar-refractivity contribution < 1.29 is 31.9 Å². The molecule has 34 heavy (non-hydrogen) atoms. The largest absolute Gasteiger partial charge is 0.465 e. The van der Waals surface area contributed by atoms with Gasteiger partial charge in [-0.05, 0) is 50.1 Å². The van der Waals surface area contributed by atoms with Crippen LogP contribution in [0.3, 0.4) is 0 Å². The van der Waals surface area contributed by atoms with E-state index >= 15 is 0 Å². The van der Waals surface area contributed by atoms with Crippen molar-refractivity contribution in [2.45, 2.75) is 37.3 Å². The summed E-state index contributed by atoms with van der Waals surface area (Å²) in [7, 11) is -2.44. The molecule has 1 unspecified atom stereocenters. The van der Waals surface area contributed by atoms with E-state index in [0.29, 0.717) is 30.4 Å². The van der Waals surface area contributed by atoms with E-state index in [0.717, 1.165) is 12.8 Å². The first-order chi connectivity index (χ1) is 16.3. The summed E-state index contributed by atoms with van der Waals surface area (Å²) >= 11 is 0. The highest BCUT2D eigenvalue weighted by molar-refractivity contribution is 7.89. The van der Waals surface area contributed by atoms with Gasteiger partial charge in [-0.3, -0.25) is 4.79 Å². The van der Waals surface area contributed by atoms with Gasteiger partial charge in [-0.25, -0.2) is 17.9 Å². The molecule has 1 N–H and O–H groups in total. The summed E-state index contributed by atoms with van der Waals surface area (Å²) in [5.41, 5.74) is 0.836. The molecular formula is C24H26N2O7S. The first-order valence-electron chi connectivity index (χ1n) is 10.9. The number of methoxy groups -OCH3 is 1. The highest BCUT2D eigenvalue weighted by Gasteiger charge is 2.38. The summed E-state index contributed by atoms with van der Waals surface area (Å²) in [6.07, 6.45) is 3.18. The minimum Gasteiger partial charge on any atom is -0.465 e. The van der Waals surface area contributed by atoms with Gasteiger partial charge in [0.2, 0.25) is 10.0 Å². The van der Waals surface area contributed by atoms with Crippen LogP contribution in [0.4, 0.5) is 0 Å². The number of hydrogen-bond acceptors (Lipinski definition) is 7. The number of esters is 1. The summed E-state index contributed by atoms with van der Waals surface area (Å²) in [5, 5.41) is 0. The summed E-state index contributed by atoms with van der Waals surface area (Å²) in [6.45, 7) is 2.64. The number of ether oxygens (including phenoxy) is 2. The van der Waals surface area contributed by atoms with Crippen LogP contribution in [0.15, 0.2) is 68.6 Å². The zero-order valence-electron chi connectivity index (χ0n) is 18.9. The molecule has 1 amide bonds. The van der Waals surface area contributed by atoms with Crippen LogP contribution in [0.1, 0.15) is 31.3 Å². The number of sulfonamides is 1. The summed E-state index contributed by atoms with van der Waals surface area (Å²) in [5.74, 6) is -0.288. The third-order valence-electron chi connectivity index (χ3n) is 5.77. The Kier molecular flexibility index (Phi) is 7.01. The Morgan fingerprint density at radius 1 is 1.24 bits per heavy atom. The number of benzene rings is 1. The smallest absolute Gasteiger partial charge is 0.340 e. The van der Waals surface area contributed by atoms with Crippen molar-refractivity contribution in [3.8, 4) is 0 Å². The first-order valence-corrected chi connectivity index (χ1v) is 12.4. The highest BCUT2D eigenvalue weighted by Crippen LogP contribution is 2.33. The van der Waals surface area contributed by atoms with E-state index in [4.69, 9.17) is 13.9 Å². The van der Waals surface area contributed by atoms with E-state index in [-0.39, 0.29) is 34.6 Å². The average Bonchev–Trinajstić information content (AvgIpc) is 3.56. The number of nitrogens with one attached hydrogen (secondary N) is 1. The highest BCUT2D eigenvalue weighted by atomic mass is 32.2. The molecule has 0 radical (unpaired) electrons. The van der Waals surface area contributed by atoms with Crippen LogP contribution in [0.2, 0.25) is 0 Å². The second-order valence-electron chi connectivity index (χ2n) is 8.00. The Morgan fingerprint density at radius 3 is 2.68 bits per heavy atom. The van der Waals surface area contributed by atoms with Crippen LogP contribution in [0.5, 0.6) is 0 Å². The number of nitrogens with zero attached hydrogens (tertiary/aromatic N) is 1. The fraction of sp³-hybridized carbons (Fsp3) is 0.333. The molecule has 0 bridgehead atoms. The van der Waals surface area contributed by atoms with Crippen molar-refractivity contribution >= 4 is 28.0 Å². The van der Waals surface area contributed by atoms with Crippen molar-refractivity contribution in [2.24, 2.45) is 0 Å². The molecule has 0 saturated carbocycles. The molecule has 1 aromatic heterocycles. The summed E-state index contributed by atoms with van der Waals surface area (Å²) < 4.78 is 43.6. The van der Waals surface area contributed by atoms with Gasteiger partial charge < -0.3 is 18.8 Å². The Hall–Kier alpha value is -3.21. The summed E-state index contributed by atoms with van der Waals surface area (Å²) in [4.78, 5) is 27.3. The molecular weight excluding hydrogens is 460 g/mol. The Balaban J connectivity index is 1.53. The maximum absolute atomic E-state index is 13.2.